The Balaban J connectivity index is 2.20. The molecular formula is C10H11NO4. The van der Waals surface area contributed by atoms with Gasteiger partial charge in [0.05, 0.1) is 12.8 Å². The molecule has 0 aromatic heterocycles. The van der Waals surface area contributed by atoms with E-state index in [2.05, 4.69) is 10.1 Å². The van der Waals surface area contributed by atoms with E-state index >= 15 is 0 Å². The molecule has 0 saturated carbocycles. The Morgan fingerprint density at radius 3 is 3.20 bits per heavy atom. The van der Waals surface area contributed by atoms with Crippen LogP contribution in [-0.2, 0) is 9.53 Å². The van der Waals surface area contributed by atoms with Crippen LogP contribution in [0.1, 0.15) is 0 Å². The third kappa shape index (κ3) is 1.81. The average Bonchev–Trinajstić information content (AvgIpc) is 2.27. The maximum atomic E-state index is 11.2. The number of phenols is 1. The summed E-state index contributed by atoms with van der Waals surface area (Å²) in [6.07, 6.45) is 0. The number of hydrogen-bond acceptors (Lipinski definition) is 5. The van der Waals surface area contributed by atoms with Gasteiger partial charge in [0.25, 0.3) is 0 Å². The minimum absolute atomic E-state index is 0.132. The van der Waals surface area contributed by atoms with Crippen molar-refractivity contribution in [2.45, 2.75) is 6.04 Å². The molecule has 0 bridgehead atoms. The van der Waals surface area contributed by atoms with Crippen molar-refractivity contribution in [2.75, 3.05) is 19.0 Å². The molecule has 2 rings (SSSR count). The zero-order valence-electron chi connectivity index (χ0n) is 8.19. The van der Waals surface area contributed by atoms with Crippen molar-refractivity contribution in [3.05, 3.63) is 18.2 Å². The summed E-state index contributed by atoms with van der Waals surface area (Å²) in [7, 11) is 1.33. The minimum atomic E-state index is -0.493. The van der Waals surface area contributed by atoms with Gasteiger partial charge in [0.1, 0.15) is 18.1 Å². The number of nitrogens with one attached hydrogen (secondary N) is 1. The highest BCUT2D eigenvalue weighted by Crippen LogP contribution is 2.32. The molecule has 0 aliphatic carbocycles. The van der Waals surface area contributed by atoms with Crippen LogP contribution in [0.2, 0.25) is 0 Å². The van der Waals surface area contributed by atoms with E-state index in [9.17, 15) is 9.90 Å². The summed E-state index contributed by atoms with van der Waals surface area (Å²) in [4.78, 5) is 11.2. The van der Waals surface area contributed by atoms with Crippen LogP contribution in [0.25, 0.3) is 0 Å². The molecule has 0 amide bonds. The monoisotopic (exact) mass is 209 g/mol. The van der Waals surface area contributed by atoms with Gasteiger partial charge < -0.3 is 19.9 Å². The van der Waals surface area contributed by atoms with E-state index in [1.54, 1.807) is 6.07 Å². The molecule has 0 fully saturated rings. The predicted molar refractivity (Wildman–Crippen MR) is 53.0 cm³/mol. The van der Waals surface area contributed by atoms with Gasteiger partial charge in [0, 0.05) is 6.07 Å². The highest BCUT2D eigenvalue weighted by Gasteiger charge is 2.25. The van der Waals surface area contributed by atoms with Crippen molar-refractivity contribution in [1.82, 2.24) is 0 Å². The molecule has 1 heterocycles. The van der Waals surface area contributed by atoms with Gasteiger partial charge >= 0.3 is 5.97 Å². The molecule has 5 heteroatoms. The second-order valence-corrected chi connectivity index (χ2v) is 3.21. The van der Waals surface area contributed by atoms with E-state index in [0.29, 0.717) is 11.4 Å². The number of ether oxygens (including phenoxy) is 2. The van der Waals surface area contributed by atoms with E-state index in [1.807, 2.05) is 0 Å². The Kier molecular flexibility index (Phi) is 2.37. The molecule has 1 unspecified atom stereocenters. The van der Waals surface area contributed by atoms with Crippen molar-refractivity contribution in [3.8, 4) is 11.5 Å². The molecule has 1 aromatic rings. The van der Waals surface area contributed by atoms with E-state index < -0.39 is 6.04 Å². The predicted octanol–water partition coefficient (Wildman–Crippen LogP) is 0.738. The van der Waals surface area contributed by atoms with Crippen LogP contribution in [0.5, 0.6) is 11.5 Å². The fourth-order valence-electron chi connectivity index (χ4n) is 1.42. The van der Waals surface area contributed by atoms with Gasteiger partial charge in [-0.05, 0) is 12.1 Å². The lowest BCUT2D eigenvalue weighted by atomic mass is 10.2. The topological polar surface area (TPSA) is 67.8 Å². The highest BCUT2D eigenvalue weighted by atomic mass is 16.5. The normalized spacial score (nSPS) is 18.3. The summed E-state index contributed by atoms with van der Waals surface area (Å²) in [6.45, 7) is 0.198. The van der Waals surface area contributed by atoms with E-state index in [4.69, 9.17) is 4.74 Å². The number of anilines is 1. The number of methoxy groups -OCH3 is 1. The Labute approximate surface area is 86.6 Å². The van der Waals surface area contributed by atoms with Gasteiger partial charge in [-0.15, -0.1) is 0 Å². The van der Waals surface area contributed by atoms with Crippen LogP contribution in [0.3, 0.4) is 0 Å². The molecule has 1 aliphatic heterocycles. The molecule has 0 radical (unpaired) electrons. The number of aromatic hydroxyl groups is 1. The molecular weight excluding hydrogens is 198 g/mol. The first-order chi connectivity index (χ1) is 7.20. The number of carbonyl (C=O) groups is 1. The van der Waals surface area contributed by atoms with Crippen LogP contribution < -0.4 is 10.1 Å². The highest BCUT2D eigenvalue weighted by molar-refractivity contribution is 5.81. The number of phenolic OH excluding ortho intramolecular Hbond substituents is 1. The number of esters is 1. The summed E-state index contributed by atoms with van der Waals surface area (Å²) < 4.78 is 9.91. The summed E-state index contributed by atoms with van der Waals surface area (Å²) in [6, 6.07) is 4.18. The van der Waals surface area contributed by atoms with Crippen molar-refractivity contribution in [2.24, 2.45) is 0 Å². The molecule has 1 aromatic carbocycles. The summed E-state index contributed by atoms with van der Waals surface area (Å²) in [5.74, 6) is 0.302. The fraction of sp³-hybridized carbons (Fsp3) is 0.300. The van der Waals surface area contributed by atoms with Crippen LogP contribution in [0.15, 0.2) is 18.2 Å². The molecule has 0 saturated heterocycles. The summed E-state index contributed by atoms with van der Waals surface area (Å²) in [5, 5.41) is 12.2. The number of benzene rings is 1. The molecule has 2 N–H and O–H groups in total. The summed E-state index contributed by atoms with van der Waals surface area (Å²) >= 11 is 0. The number of fused-ring (bicyclic) bond motifs is 1. The first-order valence-electron chi connectivity index (χ1n) is 4.51. The lowest BCUT2D eigenvalue weighted by Crippen LogP contribution is -2.39. The van der Waals surface area contributed by atoms with Gasteiger partial charge in [-0.3, -0.25) is 0 Å². The van der Waals surface area contributed by atoms with Crippen LogP contribution in [0.4, 0.5) is 5.69 Å². The van der Waals surface area contributed by atoms with Crippen molar-refractivity contribution < 1.29 is 19.4 Å². The standard InChI is InChI=1S/C10H11NO4/c1-14-10(13)8-5-15-9-4-6(12)2-3-7(9)11-8/h2-4,8,11-12H,5H2,1H3. The van der Waals surface area contributed by atoms with Gasteiger partial charge in [0.15, 0.2) is 6.04 Å². The van der Waals surface area contributed by atoms with E-state index in [0.717, 1.165) is 0 Å². The van der Waals surface area contributed by atoms with Gasteiger partial charge in [-0.1, -0.05) is 0 Å². The van der Waals surface area contributed by atoms with Gasteiger partial charge in [-0.2, -0.15) is 0 Å². The average molecular weight is 209 g/mol. The van der Waals surface area contributed by atoms with Crippen LogP contribution in [-0.4, -0.2) is 30.8 Å². The molecule has 0 spiro atoms. The van der Waals surface area contributed by atoms with Crippen molar-refractivity contribution >= 4 is 11.7 Å². The van der Waals surface area contributed by atoms with Crippen molar-refractivity contribution in [3.63, 3.8) is 0 Å². The first-order valence-corrected chi connectivity index (χ1v) is 4.51. The molecule has 1 aliphatic rings. The number of rotatable bonds is 1. The quantitative estimate of drug-likeness (QED) is 0.527. The Bertz CT molecular complexity index is 391. The molecule has 15 heavy (non-hydrogen) atoms. The van der Waals surface area contributed by atoms with Gasteiger partial charge in [-0.25, -0.2) is 4.79 Å². The fourth-order valence-corrected chi connectivity index (χ4v) is 1.42. The number of hydrogen-bond donors (Lipinski definition) is 2. The van der Waals surface area contributed by atoms with E-state index in [-0.39, 0.29) is 18.3 Å². The largest absolute Gasteiger partial charge is 0.508 e. The second-order valence-electron chi connectivity index (χ2n) is 3.21. The maximum absolute atomic E-state index is 11.2. The van der Waals surface area contributed by atoms with Crippen LogP contribution >= 0.6 is 0 Å². The third-order valence-corrected chi connectivity index (χ3v) is 2.19. The van der Waals surface area contributed by atoms with Gasteiger partial charge in [0.2, 0.25) is 0 Å². The SMILES string of the molecule is COC(=O)C1COc2cc(O)ccc2N1. The maximum Gasteiger partial charge on any atom is 0.331 e. The smallest absolute Gasteiger partial charge is 0.331 e. The minimum Gasteiger partial charge on any atom is -0.508 e. The lowest BCUT2D eigenvalue weighted by molar-refractivity contribution is -0.142. The molecule has 1 atom stereocenters. The molecule has 80 valence electrons. The summed E-state index contributed by atoms with van der Waals surface area (Å²) in [5.41, 5.74) is 0.675. The molecule has 5 nitrogen and oxygen atoms in total. The second kappa shape index (κ2) is 3.68. The Morgan fingerprint density at radius 1 is 1.67 bits per heavy atom. The Hall–Kier alpha value is -1.91. The number of carbonyl (C=O) groups excluding carboxylic acids is 1. The zero-order valence-corrected chi connectivity index (χ0v) is 8.19. The zero-order chi connectivity index (χ0) is 10.8. The van der Waals surface area contributed by atoms with Crippen LogP contribution in [0, 0.1) is 0 Å². The first kappa shape index (κ1) is 9.64. The Morgan fingerprint density at radius 2 is 2.47 bits per heavy atom. The lowest BCUT2D eigenvalue weighted by Gasteiger charge is -2.25. The van der Waals surface area contributed by atoms with Crippen molar-refractivity contribution in [1.29, 1.82) is 0 Å². The third-order valence-electron chi connectivity index (χ3n) is 2.19. The van der Waals surface area contributed by atoms with E-state index in [1.165, 1.54) is 19.2 Å².